The van der Waals surface area contributed by atoms with E-state index in [0.717, 1.165) is 31.2 Å². The second kappa shape index (κ2) is 7.87. The SMILES string of the molecule is O=C(CCN1C(=O)[C@@H]2CCCC[C@H]2C1=O)NCc1cccnc1-n1cncn1. The van der Waals surface area contributed by atoms with Crippen LogP contribution in [0.4, 0.5) is 0 Å². The molecule has 1 aliphatic heterocycles. The minimum atomic E-state index is -0.219. The predicted octanol–water partition coefficient (Wildman–Crippen LogP) is 0.844. The monoisotopic (exact) mass is 382 g/mol. The van der Waals surface area contributed by atoms with Crippen LogP contribution in [0.1, 0.15) is 37.7 Å². The number of hydrogen-bond donors (Lipinski definition) is 1. The molecule has 1 N–H and O–H groups in total. The maximum atomic E-state index is 12.5. The first kappa shape index (κ1) is 18.3. The van der Waals surface area contributed by atoms with Crippen LogP contribution in [0, 0.1) is 11.8 Å². The Hall–Kier alpha value is -3.10. The molecular weight excluding hydrogens is 360 g/mol. The molecule has 9 nitrogen and oxygen atoms in total. The summed E-state index contributed by atoms with van der Waals surface area (Å²) in [4.78, 5) is 46.7. The fourth-order valence-electron chi connectivity index (χ4n) is 4.04. The molecule has 3 amide bonds. The molecule has 1 aliphatic carbocycles. The fraction of sp³-hybridized carbons (Fsp3) is 0.474. The largest absolute Gasteiger partial charge is 0.352 e. The summed E-state index contributed by atoms with van der Waals surface area (Å²) in [6.07, 6.45) is 8.24. The zero-order chi connectivity index (χ0) is 19.5. The predicted molar refractivity (Wildman–Crippen MR) is 97.8 cm³/mol. The summed E-state index contributed by atoms with van der Waals surface area (Å²) in [7, 11) is 0. The van der Waals surface area contributed by atoms with E-state index >= 15 is 0 Å². The molecular formula is C19H22N6O3. The minimum Gasteiger partial charge on any atom is -0.352 e. The van der Waals surface area contributed by atoms with E-state index in [1.807, 2.05) is 6.07 Å². The second-order valence-electron chi connectivity index (χ2n) is 7.18. The third kappa shape index (κ3) is 3.51. The summed E-state index contributed by atoms with van der Waals surface area (Å²) in [6.45, 7) is 0.411. The third-order valence-electron chi connectivity index (χ3n) is 5.47. The molecule has 4 rings (SSSR count). The van der Waals surface area contributed by atoms with E-state index < -0.39 is 0 Å². The van der Waals surface area contributed by atoms with Gasteiger partial charge in [0.1, 0.15) is 12.7 Å². The number of imide groups is 1. The molecule has 0 bridgehead atoms. The summed E-state index contributed by atoms with van der Waals surface area (Å²) in [5.41, 5.74) is 0.792. The Kier molecular flexibility index (Phi) is 5.14. The third-order valence-corrected chi connectivity index (χ3v) is 5.47. The maximum Gasteiger partial charge on any atom is 0.233 e. The van der Waals surface area contributed by atoms with Crippen LogP contribution in [0.25, 0.3) is 5.82 Å². The van der Waals surface area contributed by atoms with Crippen LogP contribution in [0.15, 0.2) is 31.0 Å². The first-order chi connectivity index (χ1) is 13.6. The Morgan fingerprint density at radius 2 is 1.93 bits per heavy atom. The summed E-state index contributed by atoms with van der Waals surface area (Å²) >= 11 is 0. The molecule has 0 radical (unpaired) electrons. The topological polar surface area (TPSA) is 110 Å². The molecule has 2 aliphatic rings. The van der Waals surface area contributed by atoms with Gasteiger partial charge in [0.25, 0.3) is 0 Å². The van der Waals surface area contributed by atoms with Crippen LogP contribution in [-0.4, -0.2) is 48.9 Å². The molecule has 3 heterocycles. The van der Waals surface area contributed by atoms with E-state index in [1.54, 1.807) is 12.3 Å². The van der Waals surface area contributed by atoms with Gasteiger partial charge < -0.3 is 5.32 Å². The van der Waals surface area contributed by atoms with Gasteiger partial charge in [-0.1, -0.05) is 18.9 Å². The van der Waals surface area contributed by atoms with Crippen molar-refractivity contribution in [3.8, 4) is 5.82 Å². The zero-order valence-corrected chi connectivity index (χ0v) is 15.5. The van der Waals surface area contributed by atoms with E-state index in [1.165, 1.54) is 22.2 Å². The van der Waals surface area contributed by atoms with Gasteiger partial charge in [-0.3, -0.25) is 19.3 Å². The number of hydrogen-bond acceptors (Lipinski definition) is 6. The normalized spacial score (nSPS) is 21.6. The van der Waals surface area contributed by atoms with Gasteiger partial charge in [-0.2, -0.15) is 5.10 Å². The summed E-state index contributed by atoms with van der Waals surface area (Å²) in [5.74, 6) is -0.195. The first-order valence-corrected chi connectivity index (χ1v) is 9.56. The van der Waals surface area contributed by atoms with Crippen LogP contribution in [0.2, 0.25) is 0 Å². The van der Waals surface area contributed by atoms with Gasteiger partial charge in [0.15, 0.2) is 5.82 Å². The Morgan fingerprint density at radius 1 is 1.18 bits per heavy atom. The van der Waals surface area contributed by atoms with Crippen molar-refractivity contribution >= 4 is 17.7 Å². The fourth-order valence-corrected chi connectivity index (χ4v) is 4.04. The lowest BCUT2D eigenvalue weighted by Crippen LogP contribution is -2.35. The minimum absolute atomic E-state index is 0.0931. The summed E-state index contributed by atoms with van der Waals surface area (Å²) in [5, 5.41) is 6.89. The molecule has 0 spiro atoms. The van der Waals surface area contributed by atoms with Crippen LogP contribution >= 0.6 is 0 Å². The molecule has 28 heavy (non-hydrogen) atoms. The maximum absolute atomic E-state index is 12.5. The number of likely N-dealkylation sites (tertiary alicyclic amines) is 1. The molecule has 0 unspecified atom stereocenters. The zero-order valence-electron chi connectivity index (χ0n) is 15.5. The Labute approximate surface area is 162 Å². The van der Waals surface area contributed by atoms with Gasteiger partial charge in [0.05, 0.1) is 11.8 Å². The molecule has 1 saturated heterocycles. The van der Waals surface area contributed by atoms with E-state index in [9.17, 15) is 14.4 Å². The van der Waals surface area contributed by atoms with Crippen molar-refractivity contribution in [1.82, 2.24) is 30.0 Å². The number of nitrogens with one attached hydrogen (secondary N) is 1. The van der Waals surface area contributed by atoms with Gasteiger partial charge in [0, 0.05) is 31.3 Å². The molecule has 2 fully saturated rings. The Bertz CT molecular complexity index is 858. The summed E-state index contributed by atoms with van der Waals surface area (Å²) in [6, 6.07) is 3.63. The molecule has 2 atom stereocenters. The lowest BCUT2D eigenvalue weighted by atomic mass is 9.81. The molecule has 146 valence electrons. The van der Waals surface area contributed by atoms with Crippen molar-refractivity contribution in [1.29, 1.82) is 0 Å². The van der Waals surface area contributed by atoms with Gasteiger partial charge in [-0.05, 0) is 18.9 Å². The number of pyridine rings is 1. The second-order valence-corrected chi connectivity index (χ2v) is 7.18. The highest BCUT2D eigenvalue weighted by Crippen LogP contribution is 2.37. The molecule has 1 saturated carbocycles. The highest BCUT2D eigenvalue weighted by atomic mass is 16.2. The van der Waals surface area contributed by atoms with Gasteiger partial charge >= 0.3 is 0 Å². The molecule has 9 heteroatoms. The van der Waals surface area contributed by atoms with Crippen molar-refractivity contribution in [3.05, 3.63) is 36.5 Å². The number of amides is 3. The number of aromatic nitrogens is 4. The summed E-state index contributed by atoms with van der Waals surface area (Å²) < 4.78 is 1.53. The standard InChI is InChI=1S/C19H22N6O3/c26-16(7-9-24-18(27)14-5-1-2-6-15(14)19(24)28)22-10-13-4-3-8-21-17(13)25-12-20-11-23-25/h3-4,8,11-12,14-15H,1-2,5-7,9-10H2,(H,22,26)/t14-,15-/m1/s1. The van der Waals surface area contributed by atoms with Crippen LogP contribution < -0.4 is 5.32 Å². The van der Waals surface area contributed by atoms with E-state index in [0.29, 0.717) is 5.82 Å². The van der Waals surface area contributed by atoms with Crippen LogP contribution in [0.3, 0.4) is 0 Å². The lowest BCUT2D eigenvalue weighted by molar-refractivity contribution is -0.140. The van der Waals surface area contributed by atoms with Crippen molar-refractivity contribution in [2.45, 2.75) is 38.6 Å². The van der Waals surface area contributed by atoms with Crippen molar-refractivity contribution in [2.75, 3.05) is 6.54 Å². The van der Waals surface area contributed by atoms with E-state index in [-0.39, 0.29) is 49.1 Å². The lowest BCUT2D eigenvalue weighted by Gasteiger charge is -2.19. The number of rotatable bonds is 6. The molecule has 0 aromatic carbocycles. The van der Waals surface area contributed by atoms with Crippen molar-refractivity contribution in [3.63, 3.8) is 0 Å². The average Bonchev–Trinajstić information content (AvgIpc) is 3.34. The smallest absolute Gasteiger partial charge is 0.233 e. The molecule has 2 aromatic rings. The number of fused-ring (bicyclic) bond motifs is 1. The van der Waals surface area contributed by atoms with E-state index in [4.69, 9.17) is 0 Å². The van der Waals surface area contributed by atoms with Crippen molar-refractivity contribution in [2.24, 2.45) is 11.8 Å². The van der Waals surface area contributed by atoms with Gasteiger partial charge in [0.2, 0.25) is 17.7 Å². The highest BCUT2D eigenvalue weighted by molar-refractivity contribution is 6.05. The highest BCUT2D eigenvalue weighted by Gasteiger charge is 2.47. The number of carbonyl (C=O) groups excluding carboxylic acids is 3. The number of nitrogens with zero attached hydrogens (tertiary/aromatic N) is 5. The van der Waals surface area contributed by atoms with Crippen LogP contribution in [-0.2, 0) is 20.9 Å². The van der Waals surface area contributed by atoms with Gasteiger partial charge in [-0.15, -0.1) is 0 Å². The van der Waals surface area contributed by atoms with Crippen molar-refractivity contribution < 1.29 is 14.4 Å². The average molecular weight is 382 g/mol. The Morgan fingerprint density at radius 3 is 2.61 bits per heavy atom. The van der Waals surface area contributed by atoms with Gasteiger partial charge in [-0.25, -0.2) is 14.6 Å². The Balaban J connectivity index is 1.32. The number of carbonyl (C=O) groups is 3. The molecule has 2 aromatic heterocycles. The quantitative estimate of drug-likeness (QED) is 0.742. The first-order valence-electron chi connectivity index (χ1n) is 9.56. The van der Waals surface area contributed by atoms with Crippen LogP contribution in [0.5, 0.6) is 0 Å². The van der Waals surface area contributed by atoms with E-state index in [2.05, 4.69) is 20.4 Å².